The summed E-state index contributed by atoms with van der Waals surface area (Å²) in [7, 11) is 0. The zero-order chi connectivity index (χ0) is 17.6. The van der Waals surface area contributed by atoms with Crippen LogP contribution in [-0.4, -0.2) is 91.3 Å². The first-order valence-electron chi connectivity index (χ1n) is 8.85. The predicted octanol–water partition coefficient (Wildman–Crippen LogP) is 0.336. The van der Waals surface area contributed by atoms with E-state index in [0.717, 1.165) is 26.2 Å². The fourth-order valence-electron chi connectivity index (χ4n) is 3.29. The Labute approximate surface area is 147 Å². The molecule has 2 heterocycles. The Bertz CT molecular complexity index is 572. The fourth-order valence-corrected chi connectivity index (χ4v) is 3.29. The van der Waals surface area contributed by atoms with E-state index < -0.39 is 6.10 Å². The van der Waals surface area contributed by atoms with Gasteiger partial charge in [0.1, 0.15) is 5.82 Å². The minimum Gasteiger partial charge on any atom is -0.387 e. The van der Waals surface area contributed by atoms with E-state index in [1.807, 2.05) is 4.90 Å². The number of aliphatic hydroxyl groups excluding tert-OH is 1. The van der Waals surface area contributed by atoms with E-state index in [1.54, 1.807) is 12.1 Å². The molecule has 1 N–H and O–H groups in total. The van der Waals surface area contributed by atoms with Crippen LogP contribution in [0, 0.1) is 5.82 Å². The van der Waals surface area contributed by atoms with Gasteiger partial charge in [-0.1, -0.05) is 12.1 Å². The van der Waals surface area contributed by atoms with Crippen LogP contribution in [0.25, 0.3) is 0 Å². The van der Waals surface area contributed by atoms with E-state index in [4.69, 9.17) is 4.74 Å². The molecule has 2 saturated heterocycles. The first-order chi connectivity index (χ1) is 12.1. The Hall–Kier alpha value is -1.54. The summed E-state index contributed by atoms with van der Waals surface area (Å²) in [6, 6.07) is 6.08. The quantitative estimate of drug-likeness (QED) is 0.829. The standard InChI is InChI=1S/C18H26FN3O3/c19-16-3-1-2-15(12-16)17(23)13-20-4-6-22(7-5-20)18(24)14-21-8-10-25-11-9-21/h1-3,12,17,23H,4-11,13-14H2. The van der Waals surface area contributed by atoms with Crippen LogP contribution in [0.2, 0.25) is 0 Å². The highest BCUT2D eigenvalue weighted by molar-refractivity contribution is 5.78. The van der Waals surface area contributed by atoms with Crippen LogP contribution in [0.4, 0.5) is 4.39 Å². The number of aliphatic hydroxyl groups is 1. The SMILES string of the molecule is O=C(CN1CCOCC1)N1CCN(CC(O)c2cccc(F)c2)CC1. The number of morpholine rings is 1. The minimum atomic E-state index is -0.716. The third-order valence-electron chi connectivity index (χ3n) is 4.85. The van der Waals surface area contributed by atoms with Gasteiger partial charge in [0.15, 0.2) is 0 Å². The Morgan fingerprint density at radius 1 is 1.12 bits per heavy atom. The molecule has 1 unspecified atom stereocenters. The molecule has 2 fully saturated rings. The van der Waals surface area contributed by atoms with Gasteiger partial charge in [-0.15, -0.1) is 0 Å². The molecular weight excluding hydrogens is 325 g/mol. The molecule has 1 amide bonds. The van der Waals surface area contributed by atoms with E-state index in [0.29, 0.717) is 45.0 Å². The van der Waals surface area contributed by atoms with Crippen molar-refractivity contribution in [1.82, 2.24) is 14.7 Å². The number of carbonyl (C=O) groups is 1. The number of amides is 1. The maximum absolute atomic E-state index is 13.3. The molecule has 2 aliphatic rings. The number of hydrogen-bond donors (Lipinski definition) is 1. The first kappa shape index (κ1) is 18.3. The lowest BCUT2D eigenvalue weighted by Gasteiger charge is -2.37. The molecule has 6 nitrogen and oxygen atoms in total. The lowest BCUT2D eigenvalue weighted by atomic mass is 10.1. The zero-order valence-electron chi connectivity index (χ0n) is 14.4. The molecular formula is C18H26FN3O3. The van der Waals surface area contributed by atoms with Gasteiger partial charge in [0, 0.05) is 45.8 Å². The number of piperazine rings is 1. The second-order valence-corrected chi connectivity index (χ2v) is 6.64. The Morgan fingerprint density at radius 3 is 2.52 bits per heavy atom. The molecule has 3 rings (SSSR count). The highest BCUT2D eigenvalue weighted by atomic mass is 19.1. The predicted molar refractivity (Wildman–Crippen MR) is 91.6 cm³/mol. The van der Waals surface area contributed by atoms with Crippen molar-refractivity contribution in [2.75, 3.05) is 65.6 Å². The largest absolute Gasteiger partial charge is 0.387 e. The maximum Gasteiger partial charge on any atom is 0.236 e. The van der Waals surface area contributed by atoms with Gasteiger partial charge in [0.2, 0.25) is 5.91 Å². The van der Waals surface area contributed by atoms with Crippen LogP contribution < -0.4 is 0 Å². The number of ether oxygens (including phenoxy) is 1. The van der Waals surface area contributed by atoms with E-state index in [9.17, 15) is 14.3 Å². The number of halogens is 1. The van der Waals surface area contributed by atoms with Gasteiger partial charge < -0.3 is 14.7 Å². The molecule has 0 aromatic heterocycles. The highest BCUT2D eigenvalue weighted by Crippen LogP contribution is 2.16. The highest BCUT2D eigenvalue weighted by Gasteiger charge is 2.24. The van der Waals surface area contributed by atoms with E-state index in [2.05, 4.69) is 9.80 Å². The molecule has 1 atom stereocenters. The molecule has 2 aliphatic heterocycles. The lowest BCUT2D eigenvalue weighted by Crippen LogP contribution is -2.52. The van der Waals surface area contributed by atoms with Crippen molar-refractivity contribution < 1.29 is 19.0 Å². The number of carbonyl (C=O) groups excluding carboxylic acids is 1. The zero-order valence-corrected chi connectivity index (χ0v) is 14.4. The number of hydrogen-bond acceptors (Lipinski definition) is 5. The van der Waals surface area contributed by atoms with Crippen molar-refractivity contribution in [2.24, 2.45) is 0 Å². The van der Waals surface area contributed by atoms with Crippen LogP contribution in [0.3, 0.4) is 0 Å². The van der Waals surface area contributed by atoms with Crippen molar-refractivity contribution in [3.8, 4) is 0 Å². The van der Waals surface area contributed by atoms with Crippen LogP contribution in [0.5, 0.6) is 0 Å². The number of benzene rings is 1. The van der Waals surface area contributed by atoms with Crippen molar-refractivity contribution in [3.05, 3.63) is 35.6 Å². The lowest BCUT2D eigenvalue weighted by molar-refractivity contribution is -0.135. The monoisotopic (exact) mass is 351 g/mol. The van der Waals surface area contributed by atoms with Crippen LogP contribution in [-0.2, 0) is 9.53 Å². The molecule has 0 bridgehead atoms. The summed E-state index contributed by atoms with van der Waals surface area (Å²) in [6.07, 6.45) is -0.716. The topological polar surface area (TPSA) is 56.2 Å². The van der Waals surface area contributed by atoms with Crippen LogP contribution in [0.1, 0.15) is 11.7 Å². The second-order valence-electron chi connectivity index (χ2n) is 6.64. The smallest absolute Gasteiger partial charge is 0.236 e. The minimum absolute atomic E-state index is 0.159. The number of β-amino-alcohol motifs (C(OH)–C–C–N with tert-alkyl or cyclic N) is 1. The summed E-state index contributed by atoms with van der Waals surface area (Å²) >= 11 is 0. The molecule has 25 heavy (non-hydrogen) atoms. The molecule has 1 aromatic carbocycles. The van der Waals surface area contributed by atoms with E-state index in [-0.39, 0.29) is 11.7 Å². The summed E-state index contributed by atoms with van der Waals surface area (Å²) in [5, 5.41) is 10.3. The maximum atomic E-state index is 13.3. The molecule has 0 radical (unpaired) electrons. The third kappa shape index (κ3) is 5.22. The Morgan fingerprint density at radius 2 is 1.84 bits per heavy atom. The summed E-state index contributed by atoms with van der Waals surface area (Å²) in [4.78, 5) is 18.5. The van der Waals surface area contributed by atoms with Crippen LogP contribution >= 0.6 is 0 Å². The molecule has 7 heteroatoms. The average Bonchev–Trinajstić information content (AvgIpc) is 2.63. The summed E-state index contributed by atoms with van der Waals surface area (Å²) in [5.74, 6) is -0.178. The summed E-state index contributed by atoms with van der Waals surface area (Å²) in [6.45, 7) is 6.69. The van der Waals surface area contributed by atoms with E-state index in [1.165, 1.54) is 12.1 Å². The third-order valence-corrected chi connectivity index (χ3v) is 4.85. The second kappa shape index (κ2) is 8.71. The fraction of sp³-hybridized carbons (Fsp3) is 0.611. The molecule has 1 aromatic rings. The van der Waals surface area contributed by atoms with Crippen molar-refractivity contribution in [1.29, 1.82) is 0 Å². The number of nitrogens with zero attached hydrogens (tertiary/aromatic N) is 3. The van der Waals surface area contributed by atoms with Crippen LogP contribution in [0.15, 0.2) is 24.3 Å². The Balaban J connectivity index is 1.42. The van der Waals surface area contributed by atoms with E-state index >= 15 is 0 Å². The normalized spacial score (nSPS) is 21.3. The van der Waals surface area contributed by atoms with Crippen molar-refractivity contribution in [3.63, 3.8) is 0 Å². The van der Waals surface area contributed by atoms with Gasteiger partial charge in [-0.3, -0.25) is 14.6 Å². The van der Waals surface area contributed by atoms with Gasteiger partial charge in [-0.25, -0.2) is 4.39 Å². The van der Waals surface area contributed by atoms with Gasteiger partial charge in [0.25, 0.3) is 0 Å². The molecule has 138 valence electrons. The van der Waals surface area contributed by atoms with Crippen molar-refractivity contribution in [2.45, 2.75) is 6.10 Å². The van der Waals surface area contributed by atoms with Crippen molar-refractivity contribution >= 4 is 5.91 Å². The number of rotatable bonds is 5. The molecule has 0 aliphatic carbocycles. The Kier molecular flexibility index (Phi) is 6.36. The van der Waals surface area contributed by atoms with Gasteiger partial charge in [-0.2, -0.15) is 0 Å². The van der Waals surface area contributed by atoms with Gasteiger partial charge in [-0.05, 0) is 17.7 Å². The summed E-state index contributed by atoms with van der Waals surface area (Å²) < 4.78 is 18.6. The summed E-state index contributed by atoms with van der Waals surface area (Å²) in [5.41, 5.74) is 0.589. The average molecular weight is 351 g/mol. The first-order valence-corrected chi connectivity index (χ1v) is 8.85. The van der Waals surface area contributed by atoms with Gasteiger partial charge in [0.05, 0.1) is 25.9 Å². The molecule has 0 spiro atoms. The molecule has 0 saturated carbocycles. The van der Waals surface area contributed by atoms with Gasteiger partial charge >= 0.3 is 0 Å².